The largest absolute Gasteiger partial charge is 0.491 e. The highest BCUT2D eigenvalue weighted by Crippen LogP contribution is 2.42. The second kappa shape index (κ2) is 11.5. The van der Waals surface area contributed by atoms with Crippen LogP contribution in [0.1, 0.15) is 66.9 Å². The number of aliphatic hydroxyl groups is 1. The third-order valence-electron chi connectivity index (χ3n) is 8.44. The highest BCUT2D eigenvalue weighted by atomic mass is 35.5. The van der Waals surface area contributed by atoms with Crippen LogP contribution in [0.25, 0.3) is 0 Å². The van der Waals surface area contributed by atoms with Gasteiger partial charge in [-0.25, -0.2) is 13.1 Å². The van der Waals surface area contributed by atoms with Crippen LogP contribution < -0.4 is 14.4 Å². The Hall–Kier alpha value is -2.55. The van der Waals surface area contributed by atoms with Crippen molar-refractivity contribution >= 4 is 33.2 Å². The molecule has 210 valence electrons. The van der Waals surface area contributed by atoms with Crippen molar-refractivity contribution in [1.29, 1.82) is 0 Å². The van der Waals surface area contributed by atoms with Crippen molar-refractivity contribution in [3.05, 3.63) is 70.3 Å². The quantitative estimate of drug-likeness (QED) is 0.499. The van der Waals surface area contributed by atoms with Gasteiger partial charge in [-0.15, -0.1) is 0 Å². The summed E-state index contributed by atoms with van der Waals surface area (Å²) in [5.74, 6) is 0.435. The highest BCUT2D eigenvalue weighted by molar-refractivity contribution is 7.90. The minimum atomic E-state index is -3.90. The molecule has 7 nitrogen and oxygen atoms in total. The van der Waals surface area contributed by atoms with E-state index in [1.165, 1.54) is 11.1 Å². The van der Waals surface area contributed by atoms with Crippen molar-refractivity contribution in [2.45, 2.75) is 63.2 Å². The predicted octanol–water partition coefficient (Wildman–Crippen LogP) is 5.07. The smallest absolute Gasteiger partial charge is 0.264 e. The van der Waals surface area contributed by atoms with Crippen molar-refractivity contribution in [3.63, 3.8) is 0 Å². The number of aliphatic hydroxyl groups excluding tert-OH is 1. The zero-order valence-corrected chi connectivity index (χ0v) is 24.0. The fourth-order valence-corrected chi connectivity index (χ4v) is 7.11. The summed E-state index contributed by atoms with van der Waals surface area (Å²) < 4.78 is 34.3. The van der Waals surface area contributed by atoms with E-state index < -0.39 is 27.3 Å². The third kappa shape index (κ3) is 5.98. The van der Waals surface area contributed by atoms with Gasteiger partial charge in [-0.1, -0.05) is 43.2 Å². The lowest BCUT2D eigenvalue weighted by atomic mass is 9.70. The van der Waals surface area contributed by atoms with Crippen LogP contribution in [0.3, 0.4) is 0 Å². The topological polar surface area (TPSA) is 95.9 Å². The number of fused-ring (bicyclic) bond motifs is 2. The van der Waals surface area contributed by atoms with E-state index in [0.717, 1.165) is 31.4 Å². The molecule has 2 aliphatic heterocycles. The summed E-state index contributed by atoms with van der Waals surface area (Å²) in [7, 11) is -3.90. The van der Waals surface area contributed by atoms with Gasteiger partial charge in [0.2, 0.25) is 10.0 Å². The Morgan fingerprint density at radius 2 is 1.97 bits per heavy atom. The number of aryl methyl sites for hydroxylation is 1. The first-order valence-electron chi connectivity index (χ1n) is 13.9. The Morgan fingerprint density at radius 3 is 2.72 bits per heavy atom. The number of allylic oxidation sites excluding steroid dienone is 1. The van der Waals surface area contributed by atoms with Gasteiger partial charge in [-0.3, -0.25) is 4.79 Å². The molecule has 0 aromatic heterocycles. The lowest BCUT2D eigenvalue weighted by molar-refractivity contribution is 0.0461. The van der Waals surface area contributed by atoms with Crippen LogP contribution in [-0.2, 0) is 16.4 Å². The first kappa shape index (κ1) is 28.0. The van der Waals surface area contributed by atoms with Crippen LogP contribution in [-0.4, -0.2) is 50.5 Å². The molecule has 1 amide bonds. The number of nitrogens with one attached hydrogen (secondary N) is 1. The van der Waals surface area contributed by atoms with Gasteiger partial charge in [0, 0.05) is 29.6 Å². The minimum absolute atomic E-state index is 0.0696. The number of anilines is 1. The van der Waals surface area contributed by atoms with Crippen LogP contribution in [0.15, 0.2) is 48.6 Å². The van der Waals surface area contributed by atoms with Gasteiger partial charge < -0.3 is 14.7 Å². The fourth-order valence-electron chi connectivity index (χ4n) is 5.98. The number of carbonyl (C=O) groups is 1. The summed E-state index contributed by atoms with van der Waals surface area (Å²) in [5, 5.41) is 10.8. The Kier molecular flexibility index (Phi) is 8.26. The molecule has 5 atom stereocenters. The van der Waals surface area contributed by atoms with Crippen LogP contribution in [0, 0.1) is 11.8 Å². The van der Waals surface area contributed by atoms with Crippen LogP contribution in [0.5, 0.6) is 5.75 Å². The van der Waals surface area contributed by atoms with Crippen LogP contribution in [0.4, 0.5) is 5.69 Å². The number of benzene rings is 2. The van der Waals surface area contributed by atoms with Crippen molar-refractivity contribution in [1.82, 2.24) is 4.72 Å². The number of hydrogen-bond donors (Lipinski definition) is 2. The molecule has 2 heterocycles. The molecule has 2 aromatic carbocycles. The molecular weight excluding hydrogens is 536 g/mol. The Bertz CT molecular complexity index is 1360. The van der Waals surface area contributed by atoms with Gasteiger partial charge in [0.1, 0.15) is 5.75 Å². The maximum Gasteiger partial charge on any atom is 0.264 e. The van der Waals surface area contributed by atoms with Gasteiger partial charge in [-0.2, -0.15) is 0 Å². The maximum absolute atomic E-state index is 13.1. The molecule has 9 heteroatoms. The number of carbonyl (C=O) groups excluding carboxylic acids is 1. The van der Waals surface area contributed by atoms with Gasteiger partial charge in [0.25, 0.3) is 5.91 Å². The van der Waals surface area contributed by atoms with E-state index in [0.29, 0.717) is 30.5 Å². The molecule has 1 fully saturated rings. The normalized spacial score (nSPS) is 29.4. The number of amides is 1. The molecule has 0 saturated heterocycles. The van der Waals surface area contributed by atoms with E-state index in [4.69, 9.17) is 16.3 Å². The molecule has 2 bridgehead atoms. The maximum atomic E-state index is 13.1. The van der Waals surface area contributed by atoms with Crippen molar-refractivity contribution in [2.24, 2.45) is 11.8 Å². The monoisotopic (exact) mass is 572 g/mol. The molecule has 2 aromatic rings. The average Bonchev–Trinajstić information content (AvgIpc) is 3.05. The highest BCUT2D eigenvalue weighted by Gasteiger charge is 2.38. The van der Waals surface area contributed by atoms with E-state index in [1.54, 1.807) is 37.3 Å². The fraction of sp³-hybridized carbons (Fsp3) is 0.500. The first-order chi connectivity index (χ1) is 18.7. The molecule has 5 unspecified atom stereocenters. The second-order valence-corrected chi connectivity index (χ2v) is 13.7. The molecule has 0 radical (unpaired) electrons. The summed E-state index contributed by atoms with van der Waals surface area (Å²) >= 11 is 6.35. The molecule has 5 rings (SSSR count). The zero-order chi connectivity index (χ0) is 27.7. The number of ether oxygens (including phenoxy) is 1. The molecular formula is C30H37ClN2O5S. The predicted molar refractivity (Wildman–Crippen MR) is 154 cm³/mol. The summed E-state index contributed by atoms with van der Waals surface area (Å²) in [6.07, 6.45) is 6.84. The average molecular weight is 573 g/mol. The lowest BCUT2D eigenvalue weighted by Crippen LogP contribution is -2.44. The molecule has 1 aliphatic carbocycles. The third-order valence-corrected chi connectivity index (χ3v) is 10.4. The van der Waals surface area contributed by atoms with E-state index in [-0.39, 0.29) is 29.7 Å². The lowest BCUT2D eigenvalue weighted by Gasteiger charge is -2.42. The first-order valence-corrected chi connectivity index (χ1v) is 15.8. The van der Waals surface area contributed by atoms with Gasteiger partial charge in [0.05, 0.1) is 23.6 Å². The van der Waals surface area contributed by atoms with Crippen molar-refractivity contribution in [3.8, 4) is 5.75 Å². The number of rotatable bonds is 3. The Balaban J connectivity index is 1.55. The van der Waals surface area contributed by atoms with Gasteiger partial charge in [-0.05, 0) is 85.9 Å². The van der Waals surface area contributed by atoms with Crippen molar-refractivity contribution in [2.75, 3.05) is 24.6 Å². The van der Waals surface area contributed by atoms with E-state index in [1.807, 2.05) is 12.1 Å². The number of hydrogen-bond acceptors (Lipinski definition) is 6. The summed E-state index contributed by atoms with van der Waals surface area (Å²) in [5.41, 5.74) is 3.46. The van der Waals surface area contributed by atoms with Gasteiger partial charge in [0.15, 0.2) is 0 Å². The van der Waals surface area contributed by atoms with Gasteiger partial charge >= 0.3 is 0 Å². The van der Waals surface area contributed by atoms with E-state index in [2.05, 4.69) is 22.6 Å². The standard InChI is InChI=1S/C30H37ClN2O5S/c1-3-5-20-14-24(31)10-12-25(20)23-17-33-16-22-8-11-26(22)28(34)7-4-6-19(2)39(36,37)32-30(35)21-9-13-29(38-18-23)27(33)15-21/h4,7,9-10,12-15,19,22-23,26,28,34H,3,5-6,8,11,16-18H2,1-2H3,(H,32,35)/b7-4+. The Morgan fingerprint density at radius 1 is 1.15 bits per heavy atom. The van der Waals surface area contributed by atoms with Crippen LogP contribution in [0.2, 0.25) is 5.02 Å². The number of sulfonamides is 1. The number of halogens is 1. The van der Waals surface area contributed by atoms with E-state index >= 15 is 0 Å². The summed E-state index contributed by atoms with van der Waals surface area (Å²) in [4.78, 5) is 15.3. The van der Waals surface area contributed by atoms with E-state index in [9.17, 15) is 18.3 Å². The molecule has 39 heavy (non-hydrogen) atoms. The Labute approximate surface area is 236 Å². The number of nitrogens with zero attached hydrogens (tertiary/aromatic N) is 1. The SMILES string of the molecule is CCCc1cc(Cl)ccc1C1COc2ccc3cc2N(C1)CC1CCC1C(O)/C=C/CC(C)S(=O)(=O)NC3=O. The zero-order valence-electron chi connectivity index (χ0n) is 22.5. The summed E-state index contributed by atoms with van der Waals surface area (Å²) in [6.45, 7) is 5.56. The molecule has 3 aliphatic rings. The molecule has 2 N–H and O–H groups in total. The molecule has 0 spiro atoms. The van der Waals surface area contributed by atoms with Crippen LogP contribution >= 0.6 is 11.6 Å². The summed E-state index contributed by atoms with van der Waals surface area (Å²) in [6, 6.07) is 11.2. The van der Waals surface area contributed by atoms with Crippen molar-refractivity contribution < 1.29 is 23.1 Å². The second-order valence-electron chi connectivity index (χ2n) is 11.1. The minimum Gasteiger partial charge on any atom is -0.491 e. The molecule has 1 saturated carbocycles.